The Bertz CT molecular complexity index is 1020. The lowest BCUT2D eigenvalue weighted by Gasteiger charge is -2.30. The molecule has 0 spiro atoms. The highest BCUT2D eigenvalue weighted by molar-refractivity contribution is 6.32. The summed E-state index contributed by atoms with van der Waals surface area (Å²) in [6.45, 7) is 6.18. The zero-order chi connectivity index (χ0) is 20.0. The largest absolute Gasteiger partial charge is 0.482 e. The number of likely N-dealkylation sites (tertiary alicyclic amines) is 1. The summed E-state index contributed by atoms with van der Waals surface area (Å²) < 4.78 is 8.57. The third-order valence-electron chi connectivity index (χ3n) is 6.16. The van der Waals surface area contributed by atoms with E-state index >= 15 is 0 Å². The zero-order valence-electron chi connectivity index (χ0n) is 16.8. The van der Waals surface area contributed by atoms with E-state index in [1.54, 1.807) is 0 Å². The molecule has 29 heavy (non-hydrogen) atoms. The molecule has 1 fully saturated rings. The molecule has 150 valence electrons. The second-order valence-electron chi connectivity index (χ2n) is 8.00. The molecule has 1 aromatic heterocycles. The van der Waals surface area contributed by atoms with E-state index in [2.05, 4.69) is 39.4 Å². The van der Waals surface area contributed by atoms with Crippen LogP contribution in [-0.2, 0) is 6.42 Å². The maximum Gasteiger partial charge on any atom is 0.140 e. The summed E-state index contributed by atoms with van der Waals surface area (Å²) in [7, 11) is 0. The van der Waals surface area contributed by atoms with Gasteiger partial charge >= 0.3 is 0 Å². The molecule has 1 aliphatic carbocycles. The quantitative estimate of drug-likeness (QED) is 0.628. The first kappa shape index (κ1) is 18.6. The summed E-state index contributed by atoms with van der Waals surface area (Å²) in [5.74, 6) is 2.40. The van der Waals surface area contributed by atoms with Crippen LogP contribution in [0.4, 0.5) is 0 Å². The summed E-state index contributed by atoms with van der Waals surface area (Å²) in [4.78, 5) is 2.58. The van der Waals surface area contributed by atoms with Gasteiger partial charge in [0.25, 0.3) is 0 Å². The Balaban J connectivity index is 1.46. The molecule has 1 saturated heterocycles. The third-order valence-corrected chi connectivity index (χ3v) is 6.46. The van der Waals surface area contributed by atoms with Crippen molar-refractivity contribution in [3.05, 3.63) is 70.3 Å². The Morgan fingerprint density at radius 2 is 1.72 bits per heavy atom. The van der Waals surface area contributed by atoms with Crippen molar-refractivity contribution < 1.29 is 4.74 Å². The number of aryl methyl sites for hydroxylation is 2. The number of fused-ring (bicyclic) bond motifs is 1. The van der Waals surface area contributed by atoms with E-state index in [0.717, 1.165) is 42.6 Å². The monoisotopic (exact) mass is 408 g/mol. The molecule has 0 radical (unpaired) electrons. The Labute approximate surface area is 176 Å². The molecule has 5 rings (SSSR count). The number of nitrogens with zero attached hydrogens (tertiary/aromatic N) is 4. The van der Waals surface area contributed by atoms with Crippen LogP contribution in [0.1, 0.15) is 41.7 Å². The van der Waals surface area contributed by atoms with Crippen molar-refractivity contribution in [1.82, 2.24) is 19.7 Å². The van der Waals surface area contributed by atoms with E-state index in [1.807, 2.05) is 36.6 Å². The number of aromatic nitrogens is 3. The minimum Gasteiger partial charge on any atom is -0.482 e. The van der Waals surface area contributed by atoms with Crippen molar-refractivity contribution in [3.63, 3.8) is 0 Å². The molecule has 1 aliphatic heterocycles. The van der Waals surface area contributed by atoms with Gasteiger partial charge in [0, 0.05) is 0 Å². The van der Waals surface area contributed by atoms with Gasteiger partial charge in [-0.25, -0.2) is 0 Å². The van der Waals surface area contributed by atoms with E-state index in [-0.39, 0.29) is 6.10 Å². The lowest BCUT2D eigenvalue weighted by atomic mass is 10.1. The minimum atomic E-state index is 0.00559. The average molecular weight is 409 g/mol. The molecule has 0 amide bonds. The molecule has 2 aromatic carbocycles. The minimum absolute atomic E-state index is 0.00559. The predicted octanol–water partition coefficient (Wildman–Crippen LogP) is 4.68. The lowest BCUT2D eigenvalue weighted by molar-refractivity contribution is 0.0942. The molecular weight excluding hydrogens is 384 g/mol. The topological polar surface area (TPSA) is 43.2 Å². The molecule has 5 nitrogen and oxygen atoms in total. The van der Waals surface area contributed by atoms with E-state index in [9.17, 15) is 0 Å². The predicted molar refractivity (Wildman–Crippen MR) is 114 cm³/mol. The number of hydrogen-bond donors (Lipinski definition) is 0. The summed E-state index contributed by atoms with van der Waals surface area (Å²) in [5, 5.41) is 8.89. The zero-order valence-corrected chi connectivity index (χ0v) is 17.6. The molecule has 3 aromatic rings. The third kappa shape index (κ3) is 3.32. The van der Waals surface area contributed by atoms with Gasteiger partial charge < -0.3 is 4.74 Å². The number of benzene rings is 2. The first-order valence-corrected chi connectivity index (χ1v) is 10.7. The molecule has 2 atom stereocenters. The van der Waals surface area contributed by atoms with Crippen LogP contribution < -0.4 is 4.74 Å². The van der Waals surface area contributed by atoms with E-state index in [4.69, 9.17) is 16.3 Å². The van der Waals surface area contributed by atoms with Gasteiger partial charge in [0.1, 0.15) is 23.5 Å². The highest BCUT2D eigenvalue weighted by Gasteiger charge is 2.39. The Hall–Kier alpha value is -2.37. The SMILES string of the molecule is Cc1nnc(C)n1-c1ccc(OC2c3ccccc3CC2N2CCCC2)c(Cl)c1. The first-order valence-electron chi connectivity index (χ1n) is 10.3. The molecule has 0 N–H and O–H groups in total. The van der Waals surface area contributed by atoms with Gasteiger partial charge in [-0.3, -0.25) is 9.47 Å². The maximum atomic E-state index is 6.67. The Morgan fingerprint density at radius 1 is 1.00 bits per heavy atom. The first-order chi connectivity index (χ1) is 14.1. The number of halogens is 1. The van der Waals surface area contributed by atoms with Gasteiger partial charge in [-0.15, -0.1) is 10.2 Å². The average Bonchev–Trinajstić information content (AvgIpc) is 3.43. The molecule has 0 saturated carbocycles. The van der Waals surface area contributed by atoms with Crippen LogP contribution in [0.3, 0.4) is 0 Å². The summed E-state index contributed by atoms with van der Waals surface area (Å²) >= 11 is 6.67. The summed E-state index contributed by atoms with van der Waals surface area (Å²) in [6, 6.07) is 14.9. The normalized spacial score (nSPS) is 21.5. The highest BCUT2D eigenvalue weighted by Crippen LogP contribution is 2.41. The van der Waals surface area contributed by atoms with Gasteiger partial charge in [-0.05, 0) is 75.5 Å². The van der Waals surface area contributed by atoms with E-state index in [0.29, 0.717) is 11.1 Å². The van der Waals surface area contributed by atoms with Crippen LogP contribution in [-0.4, -0.2) is 38.8 Å². The Kier molecular flexibility index (Phi) is 4.80. The van der Waals surface area contributed by atoms with Crippen molar-refractivity contribution in [2.75, 3.05) is 13.1 Å². The van der Waals surface area contributed by atoms with Crippen molar-refractivity contribution in [2.45, 2.75) is 45.3 Å². The second-order valence-corrected chi connectivity index (χ2v) is 8.40. The van der Waals surface area contributed by atoms with Crippen molar-refractivity contribution in [1.29, 1.82) is 0 Å². The molecule has 2 aliphatic rings. The molecule has 6 heteroatoms. The fourth-order valence-corrected chi connectivity index (χ4v) is 5.00. The van der Waals surface area contributed by atoms with Crippen LogP contribution in [0.15, 0.2) is 42.5 Å². The van der Waals surface area contributed by atoms with Crippen LogP contribution >= 0.6 is 11.6 Å². The van der Waals surface area contributed by atoms with Crippen LogP contribution in [0, 0.1) is 13.8 Å². The second kappa shape index (κ2) is 7.47. The van der Waals surface area contributed by atoms with Crippen LogP contribution in [0.25, 0.3) is 5.69 Å². The van der Waals surface area contributed by atoms with Gasteiger partial charge in [-0.2, -0.15) is 0 Å². The van der Waals surface area contributed by atoms with Crippen LogP contribution in [0.2, 0.25) is 5.02 Å². The fourth-order valence-electron chi connectivity index (χ4n) is 4.78. The van der Waals surface area contributed by atoms with E-state index in [1.165, 1.54) is 24.0 Å². The Morgan fingerprint density at radius 3 is 2.45 bits per heavy atom. The number of hydrogen-bond acceptors (Lipinski definition) is 4. The van der Waals surface area contributed by atoms with Gasteiger partial charge in [-0.1, -0.05) is 35.9 Å². The molecule has 2 unspecified atom stereocenters. The smallest absolute Gasteiger partial charge is 0.140 e. The van der Waals surface area contributed by atoms with Crippen LogP contribution in [0.5, 0.6) is 5.75 Å². The van der Waals surface area contributed by atoms with Gasteiger partial charge in [0.2, 0.25) is 0 Å². The van der Waals surface area contributed by atoms with Crippen molar-refractivity contribution in [2.24, 2.45) is 0 Å². The summed E-state index contributed by atoms with van der Waals surface area (Å²) in [6.07, 6.45) is 3.58. The number of rotatable bonds is 4. The molecule has 2 heterocycles. The fraction of sp³-hybridized carbons (Fsp3) is 0.391. The van der Waals surface area contributed by atoms with E-state index < -0.39 is 0 Å². The van der Waals surface area contributed by atoms with Gasteiger partial charge in [0.05, 0.1) is 16.8 Å². The summed E-state index contributed by atoms with van der Waals surface area (Å²) in [5.41, 5.74) is 3.62. The molecular formula is C23H25ClN4O. The highest BCUT2D eigenvalue weighted by atomic mass is 35.5. The number of ether oxygens (including phenoxy) is 1. The standard InChI is InChI=1S/C23H25ClN4O/c1-15-25-26-16(2)28(15)18-9-10-22(20(24)14-18)29-23-19-8-4-3-7-17(19)13-21(23)27-11-5-6-12-27/h3-4,7-10,14,21,23H,5-6,11-13H2,1-2H3. The van der Waals surface area contributed by atoms with Gasteiger partial charge in [0.15, 0.2) is 0 Å². The van der Waals surface area contributed by atoms with Crippen molar-refractivity contribution >= 4 is 11.6 Å². The molecule has 0 bridgehead atoms. The lowest BCUT2D eigenvalue weighted by Crippen LogP contribution is -2.38. The maximum absolute atomic E-state index is 6.67. The van der Waals surface area contributed by atoms with Crippen molar-refractivity contribution in [3.8, 4) is 11.4 Å².